The van der Waals surface area contributed by atoms with E-state index in [-0.39, 0.29) is 23.3 Å². The largest absolute Gasteiger partial charge is 0.383 e. The van der Waals surface area contributed by atoms with Crippen molar-refractivity contribution in [2.45, 2.75) is 38.3 Å². The molecule has 0 radical (unpaired) electrons. The summed E-state index contributed by atoms with van der Waals surface area (Å²) >= 11 is 0. The summed E-state index contributed by atoms with van der Waals surface area (Å²) in [7, 11) is 1.57. The van der Waals surface area contributed by atoms with Crippen LogP contribution in [0.5, 0.6) is 0 Å². The Morgan fingerprint density at radius 2 is 2.09 bits per heavy atom. The van der Waals surface area contributed by atoms with Crippen LogP contribution in [0.1, 0.15) is 36.3 Å². The van der Waals surface area contributed by atoms with Gasteiger partial charge in [0.2, 0.25) is 5.82 Å². The molecular formula is C17H21N3O3. The number of carbonyl (C=O) groups is 1. The number of rotatable bonds is 5. The van der Waals surface area contributed by atoms with Gasteiger partial charge in [-0.2, -0.15) is 0 Å². The fourth-order valence-corrected chi connectivity index (χ4v) is 3.05. The van der Waals surface area contributed by atoms with Gasteiger partial charge in [0.1, 0.15) is 0 Å². The molecule has 6 heteroatoms. The summed E-state index contributed by atoms with van der Waals surface area (Å²) in [6.07, 6.45) is 4.24. The van der Waals surface area contributed by atoms with Crippen LogP contribution in [-0.4, -0.2) is 35.2 Å². The molecule has 0 saturated heterocycles. The molecule has 23 heavy (non-hydrogen) atoms. The van der Waals surface area contributed by atoms with Gasteiger partial charge in [-0.3, -0.25) is 14.2 Å². The Labute approximate surface area is 134 Å². The van der Waals surface area contributed by atoms with E-state index in [2.05, 4.69) is 10.3 Å². The van der Waals surface area contributed by atoms with Crippen LogP contribution in [0.25, 0.3) is 10.9 Å². The molecule has 1 aromatic carbocycles. The number of hydrogen-bond donors (Lipinski definition) is 1. The average Bonchev–Trinajstić information content (AvgIpc) is 3.07. The van der Waals surface area contributed by atoms with Gasteiger partial charge >= 0.3 is 0 Å². The molecule has 1 saturated carbocycles. The summed E-state index contributed by atoms with van der Waals surface area (Å²) in [5.74, 6) is -0.117. The second-order valence-electron chi connectivity index (χ2n) is 5.86. The summed E-state index contributed by atoms with van der Waals surface area (Å²) in [6, 6.07) is 7.27. The number of carbonyl (C=O) groups excluding carboxylic acids is 1. The maximum absolute atomic E-state index is 12.7. The van der Waals surface area contributed by atoms with Crippen LogP contribution in [0.3, 0.4) is 0 Å². The molecule has 1 aromatic heterocycles. The first-order chi connectivity index (χ1) is 11.2. The quantitative estimate of drug-likeness (QED) is 0.912. The van der Waals surface area contributed by atoms with E-state index in [4.69, 9.17) is 4.74 Å². The van der Waals surface area contributed by atoms with Gasteiger partial charge in [-0.25, -0.2) is 4.98 Å². The highest BCUT2D eigenvalue weighted by atomic mass is 16.5. The van der Waals surface area contributed by atoms with E-state index in [0.29, 0.717) is 24.1 Å². The SMILES string of the molecule is COCCn1c(C(=O)NC2CCCC2)nc2ccccc2c1=O. The van der Waals surface area contributed by atoms with Crippen molar-refractivity contribution in [2.24, 2.45) is 0 Å². The number of aromatic nitrogens is 2. The molecule has 1 heterocycles. The maximum atomic E-state index is 12.7. The third-order valence-corrected chi connectivity index (χ3v) is 4.27. The summed E-state index contributed by atoms with van der Waals surface area (Å²) in [5.41, 5.74) is 0.340. The molecular weight excluding hydrogens is 294 g/mol. The number of fused-ring (bicyclic) bond motifs is 1. The number of nitrogens with one attached hydrogen (secondary N) is 1. The van der Waals surface area contributed by atoms with Gasteiger partial charge in [0.25, 0.3) is 11.5 Å². The van der Waals surface area contributed by atoms with E-state index in [9.17, 15) is 9.59 Å². The first kappa shape index (κ1) is 15.7. The third-order valence-electron chi connectivity index (χ3n) is 4.27. The smallest absolute Gasteiger partial charge is 0.287 e. The molecule has 0 unspecified atom stereocenters. The maximum Gasteiger partial charge on any atom is 0.287 e. The number of hydrogen-bond acceptors (Lipinski definition) is 4. The lowest BCUT2D eigenvalue weighted by molar-refractivity contribution is 0.0918. The van der Waals surface area contributed by atoms with Crippen LogP contribution < -0.4 is 10.9 Å². The van der Waals surface area contributed by atoms with Gasteiger partial charge in [-0.15, -0.1) is 0 Å². The Bertz CT molecular complexity index is 763. The lowest BCUT2D eigenvalue weighted by Crippen LogP contribution is -2.38. The van der Waals surface area contributed by atoms with Crippen LogP contribution in [-0.2, 0) is 11.3 Å². The normalized spacial score (nSPS) is 15.2. The standard InChI is InChI=1S/C17H21N3O3/c1-23-11-10-20-15(16(21)18-12-6-2-3-7-12)19-14-9-5-4-8-13(14)17(20)22/h4-5,8-9,12H,2-3,6-7,10-11H2,1H3,(H,18,21). The highest BCUT2D eigenvalue weighted by Gasteiger charge is 2.22. The fourth-order valence-electron chi connectivity index (χ4n) is 3.05. The van der Waals surface area contributed by atoms with Crippen molar-refractivity contribution in [3.63, 3.8) is 0 Å². The van der Waals surface area contributed by atoms with Crippen LogP contribution in [0.2, 0.25) is 0 Å². The van der Waals surface area contributed by atoms with E-state index in [1.165, 1.54) is 4.57 Å². The molecule has 0 spiro atoms. The topological polar surface area (TPSA) is 73.2 Å². The molecule has 1 fully saturated rings. The van der Waals surface area contributed by atoms with Gasteiger partial charge in [0, 0.05) is 13.2 Å². The molecule has 2 aromatic rings. The Morgan fingerprint density at radius 3 is 2.83 bits per heavy atom. The molecule has 0 bridgehead atoms. The Morgan fingerprint density at radius 1 is 1.35 bits per heavy atom. The van der Waals surface area contributed by atoms with E-state index < -0.39 is 0 Å². The lowest BCUT2D eigenvalue weighted by atomic mass is 10.2. The van der Waals surface area contributed by atoms with Gasteiger partial charge < -0.3 is 10.1 Å². The predicted molar refractivity (Wildman–Crippen MR) is 87.6 cm³/mol. The van der Waals surface area contributed by atoms with E-state index in [1.54, 1.807) is 25.3 Å². The third kappa shape index (κ3) is 3.27. The fraction of sp³-hybridized carbons (Fsp3) is 0.471. The average molecular weight is 315 g/mol. The second kappa shape index (κ2) is 6.91. The van der Waals surface area contributed by atoms with Crippen molar-refractivity contribution in [1.29, 1.82) is 0 Å². The molecule has 1 aliphatic carbocycles. The number of nitrogens with zero attached hydrogens (tertiary/aromatic N) is 2. The lowest BCUT2D eigenvalue weighted by Gasteiger charge is -2.16. The van der Waals surface area contributed by atoms with Gasteiger partial charge in [-0.1, -0.05) is 25.0 Å². The van der Waals surface area contributed by atoms with Crippen LogP contribution in [0, 0.1) is 0 Å². The van der Waals surface area contributed by atoms with Gasteiger partial charge in [0.05, 0.1) is 24.1 Å². The summed E-state index contributed by atoms with van der Waals surface area (Å²) in [5, 5.41) is 3.52. The molecule has 1 amide bonds. The van der Waals surface area contributed by atoms with Gasteiger partial charge in [0.15, 0.2) is 0 Å². The molecule has 1 N–H and O–H groups in total. The highest BCUT2D eigenvalue weighted by Crippen LogP contribution is 2.18. The zero-order chi connectivity index (χ0) is 16.2. The monoisotopic (exact) mass is 315 g/mol. The zero-order valence-corrected chi connectivity index (χ0v) is 13.2. The molecule has 122 valence electrons. The molecule has 0 aliphatic heterocycles. The van der Waals surface area contributed by atoms with E-state index in [1.807, 2.05) is 6.07 Å². The van der Waals surface area contributed by atoms with E-state index >= 15 is 0 Å². The zero-order valence-electron chi connectivity index (χ0n) is 13.2. The number of ether oxygens (including phenoxy) is 1. The van der Waals surface area contributed by atoms with Crippen molar-refractivity contribution < 1.29 is 9.53 Å². The van der Waals surface area contributed by atoms with Crippen LogP contribution in [0.4, 0.5) is 0 Å². The van der Waals surface area contributed by atoms with Crippen molar-refractivity contribution >= 4 is 16.8 Å². The molecule has 1 aliphatic rings. The molecule has 0 atom stereocenters. The Balaban J connectivity index is 2.01. The first-order valence-electron chi connectivity index (χ1n) is 8.00. The Kier molecular flexibility index (Phi) is 4.71. The van der Waals surface area contributed by atoms with Crippen molar-refractivity contribution in [1.82, 2.24) is 14.9 Å². The summed E-state index contributed by atoms with van der Waals surface area (Å²) < 4.78 is 6.47. The van der Waals surface area contributed by atoms with Crippen LogP contribution in [0.15, 0.2) is 29.1 Å². The summed E-state index contributed by atoms with van der Waals surface area (Å²) in [6.45, 7) is 0.657. The van der Waals surface area contributed by atoms with Crippen LogP contribution >= 0.6 is 0 Å². The number of benzene rings is 1. The van der Waals surface area contributed by atoms with Crippen molar-refractivity contribution in [3.05, 3.63) is 40.4 Å². The minimum Gasteiger partial charge on any atom is -0.383 e. The van der Waals surface area contributed by atoms with E-state index in [0.717, 1.165) is 25.7 Å². The predicted octanol–water partition coefficient (Wildman–Crippen LogP) is 1.72. The van der Waals surface area contributed by atoms with Crippen molar-refractivity contribution in [3.8, 4) is 0 Å². The molecule has 3 rings (SSSR count). The van der Waals surface area contributed by atoms with Crippen molar-refractivity contribution in [2.75, 3.05) is 13.7 Å². The number of para-hydroxylation sites is 1. The number of amides is 1. The minimum atomic E-state index is -0.282. The summed E-state index contributed by atoms with van der Waals surface area (Å²) in [4.78, 5) is 29.7. The second-order valence-corrected chi connectivity index (χ2v) is 5.86. The minimum absolute atomic E-state index is 0.164. The Hall–Kier alpha value is -2.21. The molecule has 6 nitrogen and oxygen atoms in total. The van der Waals surface area contributed by atoms with Gasteiger partial charge in [-0.05, 0) is 25.0 Å². The highest BCUT2D eigenvalue weighted by molar-refractivity contribution is 5.93. The first-order valence-corrected chi connectivity index (χ1v) is 8.00. The number of methoxy groups -OCH3 is 1.